The van der Waals surface area contributed by atoms with Gasteiger partial charge >= 0.3 is 0 Å². The van der Waals surface area contributed by atoms with Crippen LogP contribution in [0.4, 0.5) is 0 Å². The number of hydrogen-bond donors (Lipinski definition) is 2. The largest absolute Gasteiger partial charge is 0.346 e. The zero-order valence-corrected chi connectivity index (χ0v) is 12.5. The molecule has 0 radical (unpaired) electrons. The van der Waals surface area contributed by atoms with Gasteiger partial charge in [-0.05, 0) is 56.8 Å². The van der Waals surface area contributed by atoms with Crippen molar-refractivity contribution in [2.24, 2.45) is 5.92 Å². The van der Waals surface area contributed by atoms with E-state index >= 15 is 0 Å². The van der Waals surface area contributed by atoms with E-state index in [0.717, 1.165) is 42.8 Å². The molecule has 20 heavy (non-hydrogen) atoms. The van der Waals surface area contributed by atoms with Crippen molar-refractivity contribution in [3.63, 3.8) is 0 Å². The van der Waals surface area contributed by atoms with E-state index in [-0.39, 0.29) is 17.4 Å². The van der Waals surface area contributed by atoms with E-state index < -0.39 is 0 Å². The van der Waals surface area contributed by atoms with E-state index in [4.69, 9.17) is 11.6 Å². The van der Waals surface area contributed by atoms with Gasteiger partial charge in [-0.1, -0.05) is 23.7 Å². The molecule has 2 N–H and O–H groups in total. The lowest BCUT2D eigenvalue weighted by Gasteiger charge is -2.29. The van der Waals surface area contributed by atoms with E-state index in [2.05, 4.69) is 23.6 Å². The number of halogens is 1. The van der Waals surface area contributed by atoms with Crippen molar-refractivity contribution in [3.05, 3.63) is 34.9 Å². The van der Waals surface area contributed by atoms with Crippen molar-refractivity contribution in [1.82, 2.24) is 10.6 Å². The van der Waals surface area contributed by atoms with Crippen LogP contribution in [0.3, 0.4) is 0 Å². The summed E-state index contributed by atoms with van der Waals surface area (Å²) in [6.45, 7) is 3.08. The minimum absolute atomic E-state index is 0.142. The molecular weight excluding hydrogens is 272 g/mol. The van der Waals surface area contributed by atoms with Gasteiger partial charge < -0.3 is 10.6 Å². The number of hydrogen-bond acceptors (Lipinski definition) is 2. The van der Waals surface area contributed by atoms with Crippen molar-refractivity contribution >= 4 is 17.5 Å². The highest BCUT2D eigenvalue weighted by molar-refractivity contribution is 6.30. The van der Waals surface area contributed by atoms with Crippen LogP contribution < -0.4 is 10.6 Å². The highest BCUT2D eigenvalue weighted by Gasteiger charge is 2.46. The van der Waals surface area contributed by atoms with E-state index in [0.29, 0.717) is 6.04 Å². The Hall–Kier alpha value is -1.06. The normalized spacial score (nSPS) is 27.9. The fourth-order valence-corrected chi connectivity index (χ4v) is 3.30. The topological polar surface area (TPSA) is 41.1 Å². The molecule has 1 aliphatic carbocycles. The summed E-state index contributed by atoms with van der Waals surface area (Å²) in [6, 6.07) is 8.29. The first-order valence-corrected chi connectivity index (χ1v) is 7.78. The van der Waals surface area contributed by atoms with Gasteiger partial charge in [0, 0.05) is 17.0 Å². The molecular formula is C16H21ClN2O. The first-order chi connectivity index (χ1) is 9.59. The van der Waals surface area contributed by atoms with E-state index in [1.165, 1.54) is 0 Å². The summed E-state index contributed by atoms with van der Waals surface area (Å²) in [5.41, 5.74) is 0.983. The predicted octanol–water partition coefficient (Wildman–Crippen LogP) is 2.83. The van der Waals surface area contributed by atoms with Crippen LogP contribution in [0.2, 0.25) is 5.02 Å². The molecule has 3 rings (SSSR count). The van der Waals surface area contributed by atoms with Crippen molar-refractivity contribution in [3.8, 4) is 0 Å². The maximum Gasteiger partial charge on any atom is 0.223 e. The van der Waals surface area contributed by atoms with Gasteiger partial charge in [-0.3, -0.25) is 4.79 Å². The van der Waals surface area contributed by atoms with Gasteiger partial charge in [0.05, 0.1) is 5.54 Å². The van der Waals surface area contributed by atoms with Crippen LogP contribution in [0.25, 0.3) is 0 Å². The van der Waals surface area contributed by atoms with Crippen LogP contribution in [-0.4, -0.2) is 18.5 Å². The molecule has 1 heterocycles. The highest BCUT2D eigenvalue weighted by atomic mass is 35.5. The zero-order chi connectivity index (χ0) is 14.2. The maximum atomic E-state index is 12.5. The number of rotatable bonds is 3. The lowest BCUT2D eigenvalue weighted by molar-refractivity contribution is -0.127. The third-order valence-corrected chi connectivity index (χ3v) is 4.72. The van der Waals surface area contributed by atoms with Crippen LogP contribution in [0.5, 0.6) is 0 Å². The number of carbonyl (C=O) groups is 1. The molecule has 3 nitrogen and oxygen atoms in total. The number of nitrogens with one attached hydrogen (secondary N) is 2. The second-order valence-electron chi connectivity index (χ2n) is 6.16. The van der Waals surface area contributed by atoms with Gasteiger partial charge in [-0.2, -0.15) is 0 Å². The second-order valence-corrected chi connectivity index (χ2v) is 6.59. The van der Waals surface area contributed by atoms with E-state index in [9.17, 15) is 4.79 Å². The Kier molecular flexibility index (Phi) is 3.74. The molecule has 0 spiro atoms. The molecule has 1 aliphatic heterocycles. The van der Waals surface area contributed by atoms with Crippen LogP contribution >= 0.6 is 11.6 Å². The Morgan fingerprint density at radius 2 is 2.25 bits per heavy atom. The van der Waals surface area contributed by atoms with Crippen molar-refractivity contribution in [1.29, 1.82) is 0 Å². The summed E-state index contributed by atoms with van der Waals surface area (Å²) in [5.74, 6) is 0.346. The van der Waals surface area contributed by atoms with Gasteiger partial charge in [0.25, 0.3) is 0 Å². The molecule has 2 fully saturated rings. The average Bonchev–Trinajstić information content (AvgIpc) is 3.20. The standard InChI is InChI=1S/C16H21ClN2O/c1-11-9-12(5-8-18-11)15(20)19-16(6-7-16)13-3-2-4-14(17)10-13/h2-4,10-12,18H,5-9H2,1H3,(H,19,20)/t11-,12-/m0/s1. The summed E-state index contributed by atoms with van der Waals surface area (Å²) >= 11 is 6.06. The molecule has 2 atom stereocenters. The maximum absolute atomic E-state index is 12.5. The molecule has 1 amide bonds. The lowest BCUT2D eigenvalue weighted by atomic mass is 9.91. The molecule has 1 saturated carbocycles. The molecule has 0 bridgehead atoms. The lowest BCUT2D eigenvalue weighted by Crippen LogP contribution is -2.45. The first kappa shape index (κ1) is 13.9. The molecule has 1 aromatic carbocycles. The third-order valence-electron chi connectivity index (χ3n) is 4.48. The van der Waals surface area contributed by atoms with Gasteiger partial charge in [-0.25, -0.2) is 0 Å². The van der Waals surface area contributed by atoms with Gasteiger partial charge in [0.15, 0.2) is 0 Å². The first-order valence-electron chi connectivity index (χ1n) is 7.40. The van der Waals surface area contributed by atoms with Gasteiger partial charge in [-0.15, -0.1) is 0 Å². The Morgan fingerprint density at radius 1 is 1.45 bits per heavy atom. The summed E-state index contributed by atoms with van der Waals surface area (Å²) in [5, 5.41) is 7.40. The smallest absolute Gasteiger partial charge is 0.223 e. The van der Waals surface area contributed by atoms with Crippen LogP contribution in [0, 0.1) is 5.92 Å². The van der Waals surface area contributed by atoms with Gasteiger partial charge in [0.2, 0.25) is 5.91 Å². The van der Waals surface area contributed by atoms with Crippen molar-refractivity contribution in [2.75, 3.05) is 6.54 Å². The van der Waals surface area contributed by atoms with Crippen LogP contribution in [0.1, 0.15) is 38.2 Å². The minimum Gasteiger partial charge on any atom is -0.346 e. The molecule has 1 saturated heterocycles. The minimum atomic E-state index is -0.157. The number of benzene rings is 1. The van der Waals surface area contributed by atoms with E-state index in [1.54, 1.807) is 0 Å². The summed E-state index contributed by atoms with van der Waals surface area (Å²) in [7, 11) is 0. The Bertz CT molecular complexity index is 513. The fraction of sp³-hybridized carbons (Fsp3) is 0.562. The molecule has 4 heteroatoms. The summed E-state index contributed by atoms with van der Waals surface area (Å²) < 4.78 is 0. The average molecular weight is 293 g/mol. The molecule has 1 aromatic rings. The second kappa shape index (κ2) is 5.38. The van der Waals surface area contributed by atoms with Crippen molar-refractivity contribution in [2.45, 2.75) is 44.2 Å². The molecule has 0 unspecified atom stereocenters. The Morgan fingerprint density at radius 3 is 2.90 bits per heavy atom. The number of amides is 1. The summed E-state index contributed by atoms with van der Waals surface area (Å²) in [6.07, 6.45) is 3.89. The third kappa shape index (κ3) is 2.84. The highest BCUT2D eigenvalue weighted by Crippen LogP contribution is 2.46. The predicted molar refractivity (Wildman–Crippen MR) is 80.7 cm³/mol. The zero-order valence-electron chi connectivity index (χ0n) is 11.8. The Labute approximate surface area is 125 Å². The molecule has 2 aliphatic rings. The fourth-order valence-electron chi connectivity index (χ4n) is 3.10. The van der Waals surface area contributed by atoms with Crippen molar-refractivity contribution < 1.29 is 4.79 Å². The quantitative estimate of drug-likeness (QED) is 0.899. The number of piperidine rings is 1. The molecule has 108 valence electrons. The van der Waals surface area contributed by atoms with Crippen LogP contribution in [0.15, 0.2) is 24.3 Å². The monoisotopic (exact) mass is 292 g/mol. The molecule has 0 aromatic heterocycles. The Balaban J connectivity index is 1.69. The number of carbonyl (C=O) groups excluding carboxylic acids is 1. The van der Waals surface area contributed by atoms with Crippen LogP contribution in [-0.2, 0) is 10.3 Å². The van der Waals surface area contributed by atoms with E-state index in [1.807, 2.05) is 18.2 Å². The van der Waals surface area contributed by atoms with Gasteiger partial charge in [0.1, 0.15) is 0 Å². The SMILES string of the molecule is C[C@H]1C[C@@H](C(=O)NC2(c3cccc(Cl)c3)CC2)CCN1. The summed E-state index contributed by atoms with van der Waals surface area (Å²) in [4.78, 5) is 12.5.